The molecule has 0 aliphatic heterocycles. The number of amides is 2. The fraction of sp³-hybridized carbons (Fsp3) is 0.833. The molecular formula is C12H24N2O6S. The smallest absolute Gasteiger partial charge is 0.314 e. The predicted molar refractivity (Wildman–Crippen MR) is 77.3 cm³/mol. The van der Waals surface area contributed by atoms with E-state index in [9.17, 15) is 18.0 Å². The average molecular weight is 324 g/mol. The van der Waals surface area contributed by atoms with E-state index in [1.807, 2.05) is 0 Å². The van der Waals surface area contributed by atoms with Gasteiger partial charge in [0.15, 0.2) is 0 Å². The summed E-state index contributed by atoms with van der Waals surface area (Å²) in [6.45, 7) is 2.67. The third-order valence-electron chi connectivity index (χ3n) is 2.76. The van der Waals surface area contributed by atoms with E-state index in [-0.39, 0.29) is 18.9 Å². The van der Waals surface area contributed by atoms with Crippen LogP contribution in [0.15, 0.2) is 0 Å². The van der Waals surface area contributed by atoms with Crippen molar-refractivity contribution in [1.82, 2.24) is 4.90 Å². The fourth-order valence-electron chi connectivity index (χ4n) is 1.75. The van der Waals surface area contributed by atoms with Gasteiger partial charge >= 0.3 is 12.0 Å². The maximum Gasteiger partial charge on any atom is 0.314 e. The van der Waals surface area contributed by atoms with E-state index in [1.54, 1.807) is 6.92 Å². The van der Waals surface area contributed by atoms with Gasteiger partial charge in [0.05, 0.1) is 12.4 Å². The van der Waals surface area contributed by atoms with E-state index in [4.69, 9.17) is 15.0 Å². The van der Waals surface area contributed by atoms with Crippen LogP contribution >= 0.6 is 0 Å². The van der Waals surface area contributed by atoms with Crippen molar-refractivity contribution < 1.29 is 27.3 Å². The van der Waals surface area contributed by atoms with E-state index in [0.29, 0.717) is 32.4 Å². The van der Waals surface area contributed by atoms with Gasteiger partial charge in [0.25, 0.3) is 10.1 Å². The molecule has 0 aromatic heterocycles. The van der Waals surface area contributed by atoms with Crippen LogP contribution < -0.4 is 5.73 Å². The summed E-state index contributed by atoms with van der Waals surface area (Å²) < 4.78 is 34.5. The maximum atomic E-state index is 11.2. The number of carbonyl (C=O) groups excluding carboxylic acids is 2. The van der Waals surface area contributed by atoms with Crippen molar-refractivity contribution in [3.05, 3.63) is 0 Å². The molecule has 0 fully saturated rings. The number of hydrogen-bond donors (Lipinski definition) is 2. The third kappa shape index (κ3) is 12.1. The molecule has 0 saturated carbocycles. The lowest BCUT2D eigenvalue weighted by Crippen LogP contribution is -2.37. The molecule has 0 unspecified atom stereocenters. The van der Waals surface area contributed by atoms with E-state index >= 15 is 0 Å². The first-order valence-corrected chi connectivity index (χ1v) is 8.52. The zero-order chi connectivity index (χ0) is 16.3. The standard InChI is InChI=1S/C12H24N2O6S/c1-2-20-11(15)7-4-3-5-8-14(12(13)16)9-6-10-21(17,18)19/h2-10H2,1H3,(H2,13,16)(H,17,18,19). The minimum atomic E-state index is -4.02. The molecule has 0 spiro atoms. The zero-order valence-electron chi connectivity index (χ0n) is 12.3. The second kappa shape index (κ2) is 10.4. The second-order valence-electron chi connectivity index (χ2n) is 4.58. The normalized spacial score (nSPS) is 11.1. The molecule has 0 saturated heterocycles. The number of carbonyl (C=O) groups is 2. The van der Waals surface area contributed by atoms with Crippen LogP contribution in [-0.2, 0) is 19.6 Å². The van der Waals surface area contributed by atoms with Crippen LogP contribution in [-0.4, -0.2) is 55.3 Å². The summed E-state index contributed by atoms with van der Waals surface area (Å²) in [6.07, 6.45) is 2.53. The average Bonchev–Trinajstić information content (AvgIpc) is 2.34. The largest absolute Gasteiger partial charge is 0.466 e. The Kier molecular flexibility index (Phi) is 9.72. The van der Waals surface area contributed by atoms with E-state index in [0.717, 1.165) is 6.42 Å². The quantitative estimate of drug-likeness (QED) is 0.328. The minimum Gasteiger partial charge on any atom is -0.466 e. The predicted octanol–water partition coefficient (Wildman–Crippen LogP) is 0.769. The summed E-state index contributed by atoms with van der Waals surface area (Å²) in [5.74, 6) is -0.642. The molecule has 0 aromatic rings. The second-order valence-corrected chi connectivity index (χ2v) is 6.15. The molecule has 0 heterocycles. The number of hydrogen-bond acceptors (Lipinski definition) is 5. The molecule has 21 heavy (non-hydrogen) atoms. The molecule has 3 N–H and O–H groups in total. The van der Waals surface area contributed by atoms with E-state index < -0.39 is 21.9 Å². The van der Waals surface area contributed by atoms with Crippen LogP contribution in [0.25, 0.3) is 0 Å². The Balaban J connectivity index is 3.85. The zero-order valence-corrected chi connectivity index (χ0v) is 13.1. The van der Waals surface area contributed by atoms with Crippen LogP contribution in [0, 0.1) is 0 Å². The highest BCUT2D eigenvalue weighted by atomic mass is 32.2. The van der Waals surface area contributed by atoms with Crippen LogP contribution in [0.2, 0.25) is 0 Å². The monoisotopic (exact) mass is 324 g/mol. The van der Waals surface area contributed by atoms with Gasteiger partial charge in [-0.25, -0.2) is 4.79 Å². The van der Waals surface area contributed by atoms with Gasteiger partial charge in [-0.3, -0.25) is 9.35 Å². The van der Waals surface area contributed by atoms with Crippen molar-refractivity contribution >= 4 is 22.1 Å². The highest BCUT2D eigenvalue weighted by Crippen LogP contribution is 2.04. The Morgan fingerprint density at radius 1 is 1.14 bits per heavy atom. The van der Waals surface area contributed by atoms with Gasteiger partial charge in [0.2, 0.25) is 0 Å². The van der Waals surface area contributed by atoms with Crippen molar-refractivity contribution in [2.24, 2.45) is 5.73 Å². The number of unbranched alkanes of at least 4 members (excludes halogenated alkanes) is 2. The highest BCUT2D eigenvalue weighted by Gasteiger charge is 2.11. The van der Waals surface area contributed by atoms with Crippen LogP contribution in [0.4, 0.5) is 4.79 Å². The molecule has 8 nitrogen and oxygen atoms in total. The van der Waals surface area contributed by atoms with Gasteiger partial charge in [-0.15, -0.1) is 0 Å². The number of nitrogens with two attached hydrogens (primary N) is 1. The number of urea groups is 1. The first kappa shape index (κ1) is 19.7. The van der Waals surface area contributed by atoms with E-state index in [2.05, 4.69) is 0 Å². The number of primary amides is 1. The molecule has 2 amide bonds. The van der Waals surface area contributed by atoms with Gasteiger partial charge < -0.3 is 15.4 Å². The highest BCUT2D eigenvalue weighted by molar-refractivity contribution is 7.85. The Hall–Kier alpha value is -1.35. The molecule has 0 aliphatic rings. The molecule has 0 atom stereocenters. The molecule has 9 heteroatoms. The molecule has 0 aliphatic carbocycles. The van der Waals surface area contributed by atoms with Crippen molar-refractivity contribution in [1.29, 1.82) is 0 Å². The van der Waals surface area contributed by atoms with Gasteiger partial charge in [0.1, 0.15) is 0 Å². The van der Waals surface area contributed by atoms with Crippen molar-refractivity contribution in [2.45, 2.75) is 39.0 Å². The maximum absolute atomic E-state index is 11.2. The van der Waals surface area contributed by atoms with Gasteiger partial charge in [-0.2, -0.15) is 8.42 Å². The topological polar surface area (TPSA) is 127 Å². The van der Waals surface area contributed by atoms with Crippen LogP contribution in [0.3, 0.4) is 0 Å². The summed E-state index contributed by atoms with van der Waals surface area (Å²) in [7, 11) is -4.02. The Morgan fingerprint density at radius 3 is 2.29 bits per heavy atom. The molecular weight excluding hydrogens is 300 g/mol. The van der Waals surface area contributed by atoms with Crippen molar-refractivity contribution in [3.63, 3.8) is 0 Å². The lowest BCUT2D eigenvalue weighted by molar-refractivity contribution is -0.143. The summed E-state index contributed by atoms with van der Waals surface area (Å²) in [5, 5.41) is 0. The minimum absolute atomic E-state index is 0.130. The lowest BCUT2D eigenvalue weighted by atomic mass is 10.2. The number of esters is 1. The number of ether oxygens (including phenoxy) is 1. The van der Waals surface area contributed by atoms with Gasteiger partial charge in [-0.05, 0) is 26.2 Å². The van der Waals surface area contributed by atoms with E-state index in [1.165, 1.54) is 4.90 Å². The van der Waals surface area contributed by atoms with Crippen LogP contribution in [0.1, 0.15) is 39.0 Å². The first-order valence-electron chi connectivity index (χ1n) is 6.91. The SMILES string of the molecule is CCOC(=O)CCCCCN(CCCS(=O)(=O)O)C(N)=O. The van der Waals surface area contributed by atoms with Crippen molar-refractivity contribution in [2.75, 3.05) is 25.4 Å². The summed E-state index contributed by atoms with van der Waals surface area (Å²) >= 11 is 0. The lowest BCUT2D eigenvalue weighted by Gasteiger charge is -2.19. The number of nitrogens with zero attached hydrogens (tertiary/aromatic N) is 1. The summed E-state index contributed by atoms with van der Waals surface area (Å²) in [6, 6.07) is -0.629. The first-order chi connectivity index (χ1) is 9.76. The van der Waals surface area contributed by atoms with Gasteiger partial charge in [-0.1, -0.05) is 6.42 Å². The third-order valence-corrected chi connectivity index (χ3v) is 3.56. The summed E-state index contributed by atoms with van der Waals surface area (Å²) in [5.41, 5.74) is 5.19. The molecule has 0 radical (unpaired) electrons. The number of rotatable bonds is 11. The fourth-order valence-corrected chi connectivity index (χ4v) is 2.25. The van der Waals surface area contributed by atoms with Crippen molar-refractivity contribution in [3.8, 4) is 0 Å². The summed E-state index contributed by atoms with van der Waals surface area (Å²) in [4.78, 5) is 23.6. The molecule has 0 bridgehead atoms. The van der Waals surface area contributed by atoms with Gasteiger partial charge in [0, 0.05) is 19.5 Å². The molecule has 0 rings (SSSR count). The Bertz CT molecular complexity index is 423. The molecule has 0 aromatic carbocycles. The molecule has 124 valence electrons. The van der Waals surface area contributed by atoms with Crippen LogP contribution in [0.5, 0.6) is 0 Å². The Labute approximate surface area is 125 Å². The Morgan fingerprint density at radius 2 is 1.76 bits per heavy atom.